The van der Waals surface area contributed by atoms with E-state index in [2.05, 4.69) is 48.6 Å². The van der Waals surface area contributed by atoms with Crippen molar-refractivity contribution >= 4 is 11.5 Å². The zero-order valence-electron chi connectivity index (χ0n) is 26.5. The molecule has 0 spiro atoms. The molecule has 1 aromatic heterocycles. The Labute approximate surface area is 258 Å². The number of fused-ring (bicyclic) bond motifs is 2. The lowest BCUT2D eigenvalue weighted by Gasteiger charge is -2.31. The van der Waals surface area contributed by atoms with Crippen LogP contribution in [0.5, 0.6) is 0 Å². The summed E-state index contributed by atoms with van der Waals surface area (Å²) in [6, 6.07) is 6.41. The molecule has 6 nitrogen and oxygen atoms in total. The van der Waals surface area contributed by atoms with Crippen molar-refractivity contribution in [3.05, 3.63) is 45.9 Å². The number of halogens is 1. The maximum absolute atomic E-state index is 12.8. The highest BCUT2D eigenvalue weighted by Crippen LogP contribution is 2.41. The van der Waals surface area contributed by atoms with Gasteiger partial charge in [0.2, 0.25) is 0 Å². The lowest BCUT2D eigenvalue weighted by atomic mass is 9.78. The molecule has 0 bridgehead atoms. The number of nitrogens with two attached hydrogens (primary N) is 1. The van der Waals surface area contributed by atoms with E-state index in [1.165, 1.54) is 24.0 Å². The number of hydrogen-bond acceptors (Lipinski definition) is 6. The summed E-state index contributed by atoms with van der Waals surface area (Å²) in [6.07, 6.45) is 17.2. The highest BCUT2D eigenvalue weighted by molar-refractivity contribution is 5.62. The van der Waals surface area contributed by atoms with Crippen LogP contribution in [0.3, 0.4) is 0 Å². The van der Waals surface area contributed by atoms with Crippen LogP contribution in [0.25, 0.3) is 0 Å². The largest absolute Gasteiger partial charge is 0.398 e. The number of rotatable bonds is 5. The van der Waals surface area contributed by atoms with Crippen LogP contribution in [-0.2, 0) is 25.7 Å². The van der Waals surface area contributed by atoms with E-state index < -0.39 is 6.17 Å². The van der Waals surface area contributed by atoms with Crippen molar-refractivity contribution in [3.63, 3.8) is 0 Å². The summed E-state index contributed by atoms with van der Waals surface area (Å²) >= 11 is 0. The van der Waals surface area contributed by atoms with Gasteiger partial charge in [0.15, 0.2) is 0 Å². The highest BCUT2D eigenvalue weighted by Gasteiger charge is 2.44. The van der Waals surface area contributed by atoms with Crippen LogP contribution < -0.4 is 10.6 Å². The minimum atomic E-state index is -0.551. The quantitative estimate of drug-likeness (QED) is 0.317. The Balaban J connectivity index is 0.000000308. The van der Waals surface area contributed by atoms with Gasteiger partial charge in [-0.15, -0.1) is 12.3 Å². The topological polar surface area (TPSA) is 82.1 Å². The number of nitrogens with zero attached hydrogens (tertiary/aromatic N) is 5. The van der Waals surface area contributed by atoms with Gasteiger partial charge in [0.05, 0.1) is 11.3 Å². The Hall–Kier alpha value is -3.16. The zero-order chi connectivity index (χ0) is 30.6. The van der Waals surface area contributed by atoms with Gasteiger partial charge in [-0.1, -0.05) is 26.3 Å². The first-order chi connectivity index (χ1) is 20.8. The molecule has 7 heteroatoms. The fourth-order valence-electron chi connectivity index (χ4n) is 7.95. The van der Waals surface area contributed by atoms with E-state index in [1.54, 1.807) is 0 Å². The third kappa shape index (κ3) is 6.68. The van der Waals surface area contributed by atoms with Gasteiger partial charge in [-0.2, -0.15) is 5.26 Å². The molecule has 0 radical (unpaired) electrons. The first kappa shape index (κ1) is 31.3. The minimum Gasteiger partial charge on any atom is -0.398 e. The van der Waals surface area contributed by atoms with Crippen molar-refractivity contribution in [3.8, 4) is 18.4 Å². The standard InChI is InChI=1S/C28H35N5.C8H14FN/c1-4-8-20-11-13-24(30)23(18-29)27(20)21-10-12-22-25(17-21)31-26(6-3)32-28(22)33-15-7-9-19(5-2)14-16-33;1-8-3-2-4-10(8)6-7(9)5-8/h2,11,13,19,21H,4,6-10,12,14-17,30H2,1,3H3;7H,2-6H2,1H3. The molecule has 4 unspecified atom stereocenters. The van der Waals surface area contributed by atoms with Crippen molar-refractivity contribution in [2.75, 3.05) is 36.8 Å². The van der Waals surface area contributed by atoms with E-state index in [4.69, 9.17) is 22.1 Å². The Kier molecular flexibility index (Phi) is 9.92. The monoisotopic (exact) mass is 584 g/mol. The average Bonchev–Trinajstić information content (AvgIpc) is 3.37. The number of nitriles is 1. The number of aryl methyl sites for hydroxylation is 2. The number of hydrogen-bond donors (Lipinski definition) is 1. The molecule has 2 aromatic rings. The third-order valence-corrected chi connectivity index (χ3v) is 10.3. The third-order valence-electron chi connectivity index (χ3n) is 10.3. The molecule has 3 fully saturated rings. The van der Waals surface area contributed by atoms with Gasteiger partial charge in [0.25, 0.3) is 0 Å². The maximum atomic E-state index is 12.8. The Bertz CT molecular complexity index is 1380. The molecule has 3 saturated heterocycles. The van der Waals surface area contributed by atoms with E-state index in [0.717, 1.165) is 107 Å². The van der Waals surface area contributed by atoms with Gasteiger partial charge in [-0.3, -0.25) is 4.90 Å². The number of alkyl halides is 1. The van der Waals surface area contributed by atoms with Crippen molar-refractivity contribution < 1.29 is 4.39 Å². The molecule has 230 valence electrons. The molecule has 1 aromatic carbocycles. The fraction of sp³-hybridized carbons (Fsp3) is 0.639. The summed E-state index contributed by atoms with van der Waals surface area (Å²) < 4.78 is 12.8. The number of aromatic nitrogens is 2. The Morgan fingerprint density at radius 1 is 1.14 bits per heavy atom. The van der Waals surface area contributed by atoms with E-state index in [-0.39, 0.29) is 11.5 Å². The second-order valence-corrected chi connectivity index (χ2v) is 13.3. The maximum Gasteiger partial charge on any atom is 0.135 e. The van der Waals surface area contributed by atoms with E-state index in [0.29, 0.717) is 23.7 Å². The second-order valence-electron chi connectivity index (χ2n) is 13.3. The van der Waals surface area contributed by atoms with Gasteiger partial charge in [0, 0.05) is 48.8 Å². The summed E-state index contributed by atoms with van der Waals surface area (Å²) in [6.45, 7) is 10.3. The number of benzene rings is 1. The smallest absolute Gasteiger partial charge is 0.135 e. The SMILES string of the molecule is C#CC1CCCN(c2nc(CC)nc3c2CCC(c2c(CCC)ccc(N)c2C#N)C3)CC1.CC12CCCN1CC(F)C2. The summed E-state index contributed by atoms with van der Waals surface area (Å²) in [7, 11) is 0. The van der Waals surface area contributed by atoms with Crippen molar-refractivity contribution in [1.82, 2.24) is 14.9 Å². The lowest BCUT2D eigenvalue weighted by molar-refractivity contribution is 0.217. The van der Waals surface area contributed by atoms with Crippen LogP contribution >= 0.6 is 0 Å². The molecule has 6 rings (SSSR count). The average molecular weight is 585 g/mol. The van der Waals surface area contributed by atoms with Crippen LogP contribution in [0.1, 0.15) is 112 Å². The number of terminal acetylenes is 1. The van der Waals surface area contributed by atoms with E-state index >= 15 is 0 Å². The van der Waals surface area contributed by atoms with Crippen LogP contribution in [0.15, 0.2) is 12.1 Å². The molecule has 0 amide bonds. The molecule has 43 heavy (non-hydrogen) atoms. The van der Waals surface area contributed by atoms with Crippen LogP contribution in [0.4, 0.5) is 15.9 Å². The van der Waals surface area contributed by atoms with Crippen LogP contribution in [-0.4, -0.2) is 52.8 Å². The summed E-state index contributed by atoms with van der Waals surface area (Å²) in [5, 5.41) is 9.91. The van der Waals surface area contributed by atoms with Gasteiger partial charge in [0.1, 0.15) is 23.9 Å². The molecule has 4 heterocycles. The normalized spacial score (nSPS) is 26.8. The van der Waals surface area contributed by atoms with E-state index in [9.17, 15) is 9.65 Å². The summed E-state index contributed by atoms with van der Waals surface area (Å²) in [4.78, 5) is 14.7. The van der Waals surface area contributed by atoms with Gasteiger partial charge in [-0.05, 0) is 101 Å². The van der Waals surface area contributed by atoms with E-state index in [1.807, 2.05) is 6.07 Å². The molecule has 4 aliphatic rings. The molecule has 1 aliphatic carbocycles. The summed E-state index contributed by atoms with van der Waals surface area (Å²) in [5.41, 5.74) is 12.6. The minimum absolute atomic E-state index is 0.236. The molecular formula is C36H49FN6. The highest BCUT2D eigenvalue weighted by atomic mass is 19.1. The van der Waals surface area contributed by atoms with Gasteiger partial charge >= 0.3 is 0 Å². The van der Waals surface area contributed by atoms with Crippen LogP contribution in [0, 0.1) is 29.6 Å². The second kappa shape index (κ2) is 13.6. The van der Waals surface area contributed by atoms with Gasteiger partial charge in [-0.25, -0.2) is 14.4 Å². The first-order valence-electron chi connectivity index (χ1n) is 16.6. The Morgan fingerprint density at radius 2 is 1.98 bits per heavy atom. The molecular weight excluding hydrogens is 535 g/mol. The molecule has 0 saturated carbocycles. The van der Waals surface area contributed by atoms with Crippen LogP contribution in [0.2, 0.25) is 0 Å². The number of nitrogen functional groups attached to an aromatic ring is 1. The Morgan fingerprint density at radius 3 is 2.70 bits per heavy atom. The molecule has 4 atom stereocenters. The predicted octanol–water partition coefficient (Wildman–Crippen LogP) is 6.54. The first-order valence-corrected chi connectivity index (χ1v) is 16.6. The van der Waals surface area contributed by atoms with Crippen molar-refractivity contribution in [2.45, 2.75) is 115 Å². The van der Waals surface area contributed by atoms with Gasteiger partial charge < -0.3 is 10.6 Å². The lowest BCUT2D eigenvalue weighted by Crippen LogP contribution is -2.34. The predicted molar refractivity (Wildman–Crippen MR) is 173 cm³/mol. The molecule has 2 N–H and O–H groups in total. The fourth-order valence-corrected chi connectivity index (χ4v) is 7.95. The van der Waals surface area contributed by atoms with Crippen molar-refractivity contribution in [2.24, 2.45) is 5.92 Å². The van der Waals surface area contributed by atoms with Crippen molar-refractivity contribution in [1.29, 1.82) is 5.26 Å². The zero-order valence-corrected chi connectivity index (χ0v) is 26.5. The number of anilines is 2. The summed E-state index contributed by atoms with van der Waals surface area (Å²) in [5.74, 6) is 5.62. The molecule has 3 aliphatic heterocycles.